The van der Waals surface area contributed by atoms with E-state index >= 15 is 0 Å². The fourth-order valence-corrected chi connectivity index (χ4v) is 3.45. The average Bonchev–Trinajstić information content (AvgIpc) is 2.81. The smallest absolute Gasteiger partial charge is 0.410 e. The summed E-state index contributed by atoms with van der Waals surface area (Å²) < 4.78 is 5.33. The Morgan fingerprint density at radius 2 is 1.79 bits per heavy atom. The van der Waals surface area contributed by atoms with E-state index in [1.807, 2.05) is 45.0 Å². The molecular formula is C27H41N7O4. The van der Waals surface area contributed by atoms with E-state index in [9.17, 15) is 14.4 Å². The van der Waals surface area contributed by atoms with Crippen molar-refractivity contribution in [1.82, 2.24) is 20.2 Å². The zero-order valence-corrected chi connectivity index (χ0v) is 23.6. The minimum absolute atomic E-state index is 0.0666. The molecular weight excluding hydrogens is 486 g/mol. The van der Waals surface area contributed by atoms with Crippen LogP contribution >= 0.6 is 0 Å². The molecule has 38 heavy (non-hydrogen) atoms. The van der Waals surface area contributed by atoms with Gasteiger partial charge in [0.1, 0.15) is 17.5 Å². The molecule has 208 valence electrons. The second-order valence-electron chi connectivity index (χ2n) is 10.4. The summed E-state index contributed by atoms with van der Waals surface area (Å²) >= 11 is 0. The first-order valence-electron chi connectivity index (χ1n) is 12.8. The number of aromatic nitrogens is 2. The highest BCUT2D eigenvalue weighted by Gasteiger charge is 2.26. The normalized spacial score (nSPS) is 12.0. The lowest BCUT2D eigenvalue weighted by Crippen LogP contribution is -2.47. The van der Waals surface area contributed by atoms with Gasteiger partial charge in [0.05, 0.1) is 5.69 Å². The Bertz CT molecular complexity index is 1140. The van der Waals surface area contributed by atoms with Crippen molar-refractivity contribution in [3.8, 4) is 0 Å². The third kappa shape index (κ3) is 8.89. The van der Waals surface area contributed by atoms with Gasteiger partial charge >= 0.3 is 6.09 Å². The number of carbonyl (C=O) groups excluding carboxylic acids is 3. The predicted octanol–water partition coefficient (Wildman–Crippen LogP) is 3.62. The Labute approximate surface area is 224 Å². The van der Waals surface area contributed by atoms with Gasteiger partial charge in [-0.05, 0) is 72.1 Å². The molecule has 2 rings (SSSR count). The molecule has 0 bridgehead atoms. The minimum atomic E-state index is -0.691. The number of ether oxygens (including phenoxy) is 1. The zero-order chi connectivity index (χ0) is 28.6. The summed E-state index contributed by atoms with van der Waals surface area (Å²) in [6.45, 7) is 13.3. The number of hydrogen-bond acceptors (Lipinski definition) is 8. The number of primary amides is 1. The Hall–Kier alpha value is -3.89. The number of carbonyl (C=O) groups is 3. The molecule has 1 atom stereocenters. The van der Waals surface area contributed by atoms with Gasteiger partial charge in [0.15, 0.2) is 11.5 Å². The standard InChI is InChI=1S/C27H41N7O4/c1-9-20-23(30-16(2)3)33-24(21(32-20)22(28)35)31-19-12-10-11-18(15-19)13-14-29-25(36)17(4)34(8)26(37)38-27(5,6)7/h10-12,15-17H,9,13-14H2,1-8H3,(H2,28,35)(H,29,36)(H2,30,31,33)/t17-/m0/s1. The minimum Gasteiger partial charge on any atom is -0.444 e. The number of nitrogens with two attached hydrogens (primary N) is 1. The van der Waals surface area contributed by atoms with Crippen molar-refractivity contribution in [2.45, 2.75) is 79.0 Å². The van der Waals surface area contributed by atoms with Crippen molar-refractivity contribution in [3.05, 3.63) is 41.2 Å². The molecule has 11 heteroatoms. The van der Waals surface area contributed by atoms with Gasteiger partial charge in [-0.1, -0.05) is 19.1 Å². The lowest BCUT2D eigenvalue weighted by Gasteiger charge is -2.28. The summed E-state index contributed by atoms with van der Waals surface area (Å²) in [5, 5.41) is 9.29. The molecule has 2 aromatic rings. The number of rotatable bonds is 11. The maximum Gasteiger partial charge on any atom is 0.410 e. The Morgan fingerprint density at radius 1 is 1.11 bits per heavy atom. The zero-order valence-electron chi connectivity index (χ0n) is 23.6. The van der Waals surface area contributed by atoms with E-state index in [1.165, 1.54) is 11.9 Å². The summed E-state index contributed by atoms with van der Waals surface area (Å²) in [5.74, 6) is -0.0908. The van der Waals surface area contributed by atoms with E-state index in [2.05, 4.69) is 25.9 Å². The highest BCUT2D eigenvalue weighted by molar-refractivity contribution is 5.96. The van der Waals surface area contributed by atoms with Crippen molar-refractivity contribution >= 4 is 35.2 Å². The topological polar surface area (TPSA) is 152 Å². The van der Waals surface area contributed by atoms with Crippen molar-refractivity contribution < 1.29 is 19.1 Å². The summed E-state index contributed by atoms with van der Waals surface area (Å²) in [5.41, 5.74) is 7.32. The molecule has 1 aromatic heterocycles. The fourth-order valence-electron chi connectivity index (χ4n) is 3.45. The first kappa shape index (κ1) is 30.3. The van der Waals surface area contributed by atoms with Gasteiger partial charge in [0.25, 0.3) is 5.91 Å². The molecule has 1 aromatic carbocycles. The van der Waals surface area contributed by atoms with Crippen LogP contribution in [-0.4, -0.2) is 64.1 Å². The molecule has 1 heterocycles. The predicted molar refractivity (Wildman–Crippen MR) is 149 cm³/mol. The van der Waals surface area contributed by atoms with E-state index in [0.29, 0.717) is 36.6 Å². The van der Waals surface area contributed by atoms with Crippen LogP contribution < -0.4 is 21.7 Å². The van der Waals surface area contributed by atoms with Crippen molar-refractivity contribution in [2.75, 3.05) is 24.2 Å². The summed E-state index contributed by atoms with van der Waals surface area (Å²) in [4.78, 5) is 47.2. The maximum absolute atomic E-state index is 12.6. The lowest BCUT2D eigenvalue weighted by molar-refractivity contribution is -0.125. The first-order valence-corrected chi connectivity index (χ1v) is 12.8. The Balaban J connectivity index is 2.08. The summed E-state index contributed by atoms with van der Waals surface area (Å²) in [6.07, 6.45) is 0.583. The number of anilines is 3. The van der Waals surface area contributed by atoms with Gasteiger partial charge in [-0.15, -0.1) is 0 Å². The molecule has 0 aliphatic rings. The SMILES string of the molecule is CCc1nc(C(N)=O)c(Nc2cccc(CCNC(=O)[C@H](C)N(C)C(=O)OC(C)(C)C)c2)nc1NC(C)C. The molecule has 0 aliphatic heterocycles. The molecule has 3 amide bonds. The second kappa shape index (κ2) is 13.1. The van der Waals surface area contributed by atoms with E-state index < -0.39 is 23.6 Å². The van der Waals surface area contributed by atoms with Crippen LogP contribution in [0.1, 0.15) is 70.2 Å². The number of nitrogens with one attached hydrogen (secondary N) is 3. The van der Waals surface area contributed by atoms with Crippen LogP contribution in [0.4, 0.5) is 22.1 Å². The van der Waals surface area contributed by atoms with Crippen molar-refractivity contribution in [1.29, 1.82) is 0 Å². The van der Waals surface area contributed by atoms with Crippen molar-refractivity contribution in [2.24, 2.45) is 5.73 Å². The molecule has 0 unspecified atom stereocenters. The number of aryl methyl sites for hydroxylation is 1. The van der Waals surface area contributed by atoms with Crippen LogP contribution in [-0.2, 0) is 22.4 Å². The van der Waals surface area contributed by atoms with Gasteiger partial charge in [0, 0.05) is 25.3 Å². The number of benzene rings is 1. The second-order valence-corrected chi connectivity index (χ2v) is 10.4. The van der Waals surface area contributed by atoms with Crippen LogP contribution in [0.2, 0.25) is 0 Å². The van der Waals surface area contributed by atoms with E-state index in [1.54, 1.807) is 27.7 Å². The monoisotopic (exact) mass is 527 g/mol. The number of likely N-dealkylation sites (N-methyl/N-ethyl adjacent to an activating group) is 1. The van der Waals surface area contributed by atoms with Gasteiger partial charge in [0.2, 0.25) is 5.91 Å². The third-order valence-corrected chi connectivity index (χ3v) is 5.51. The molecule has 0 saturated carbocycles. The van der Waals surface area contributed by atoms with Crippen LogP contribution in [0.15, 0.2) is 24.3 Å². The molecule has 0 fully saturated rings. The van der Waals surface area contributed by atoms with Crippen LogP contribution in [0.3, 0.4) is 0 Å². The van der Waals surface area contributed by atoms with E-state index in [4.69, 9.17) is 10.5 Å². The molecule has 0 saturated heterocycles. The highest BCUT2D eigenvalue weighted by Crippen LogP contribution is 2.23. The molecule has 11 nitrogen and oxygen atoms in total. The van der Waals surface area contributed by atoms with Gasteiger partial charge in [-0.3, -0.25) is 14.5 Å². The quantitative estimate of drug-likeness (QED) is 0.346. The molecule has 0 aliphatic carbocycles. The third-order valence-electron chi connectivity index (χ3n) is 5.51. The number of amides is 3. The molecule has 0 spiro atoms. The average molecular weight is 528 g/mol. The Morgan fingerprint density at radius 3 is 2.37 bits per heavy atom. The first-order chi connectivity index (χ1) is 17.7. The fraction of sp³-hybridized carbons (Fsp3) is 0.519. The molecule has 0 radical (unpaired) electrons. The largest absolute Gasteiger partial charge is 0.444 e. The lowest BCUT2D eigenvalue weighted by atomic mass is 10.1. The maximum atomic E-state index is 12.6. The molecule has 5 N–H and O–H groups in total. The summed E-state index contributed by atoms with van der Waals surface area (Å²) in [6, 6.07) is 6.98. The van der Waals surface area contributed by atoms with Gasteiger partial charge < -0.3 is 26.4 Å². The van der Waals surface area contributed by atoms with Crippen molar-refractivity contribution in [3.63, 3.8) is 0 Å². The van der Waals surface area contributed by atoms with Crippen LogP contribution in [0.5, 0.6) is 0 Å². The number of hydrogen-bond donors (Lipinski definition) is 4. The van der Waals surface area contributed by atoms with Crippen LogP contribution in [0.25, 0.3) is 0 Å². The highest BCUT2D eigenvalue weighted by atomic mass is 16.6. The van der Waals surface area contributed by atoms with E-state index in [0.717, 1.165) is 5.56 Å². The Kier molecular flexibility index (Phi) is 10.4. The van der Waals surface area contributed by atoms with Gasteiger partial charge in [-0.2, -0.15) is 0 Å². The summed E-state index contributed by atoms with van der Waals surface area (Å²) in [7, 11) is 1.53. The van der Waals surface area contributed by atoms with Crippen LogP contribution in [0, 0.1) is 0 Å². The van der Waals surface area contributed by atoms with E-state index in [-0.39, 0.29) is 23.5 Å². The number of nitrogens with zero attached hydrogens (tertiary/aromatic N) is 3. The van der Waals surface area contributed by atoms with Gasteiger partial charge in [-0.25, -0.2) is 14.8 Å².